The molecule has 3 heteroatoms. The Bertz CT molecular complexity index is 294. The van der Waals surface area contributed by atoms with E-state index in [1.165, 1.54) is 6.07 Å². The average molecular weight is 150 g/mol. The van der Waals surface area contributed by atoms with Crippen LogP contribution in [0.5, 0.6) is 5.75 Å². The van der Waals surface area contributed by atoms with Gasteiger partial charge in [-0.15, -0.1) is 0 Å². The van der Waals surface area contributed by atoms with Gasteiger partial charge in [0, 0.05) is 5.71 Å². The van der Waals surface area contributed by atoms with E-state index in [1.807, 2.05) is 0 Å². The molecule has 0 aliphatic rings. The highest BCUT2D eigenvalue weighted by atomic mass is 16.3. The molecule has 0 aromatic heterocycles. The third-order valence-electron chi connectivity index (χ3n) is 1.46. The summed E-state index contributed by atoms with van der Waals surface area (Å²) >= 11 is 0. The number of phenolic OH excluding ortho intramolecular Hbond substituents is 1. The van der Waals surface area contributed by atoms with Gasteiger partial charge in [-0.05, 0) is 30.7 Å². The predicted molar refractivity (Wildman–Crippen MR) is 45.0 cm³/mol. The number of aromatic hydroxyl groups is 1. The second kappa shape index (κ2) is 2.62. The van der Waals surface area contributed by atoms with Crippen molar-refractivity contribution in [3.05, 3.63) is 23.8 Å². The molecular formula is C8H10N2O. The summed E-state index contributed by atoms with van der Waals surface area (Å²) in [7, 11) is 0. The third kappa shape index (κ3) is 1.49. The zero-order valence-electron chi connectivity index (χ0n) is 6.26. The number of hydrogen-bond donors (Lipinski definition) is 3. The van der Waals surface area contributed by atoms with Crippen molar-refractivity contribution >= 4 is 11.4 Å². The number of benzene rings is 1. The molecule has 0 unspecified atom stereocenters. The van der Waals surface area contributed by atoms with Crippen LogP contribution in [0.4, 0.5) is 5.69 Å². The number of nitrogen functional groups attached to an aromatic ring is 1. The summed E-state index contributed by atoms with van der Waals surface area (Å²) < 4.78 is 0. The largest absolute Gasteiger partial charge is 0.506 e. The van der Waals surface area contributed by atoms with Crippen LogP contribution in [0.25, 0.3) is 0 Å². The van der Waals surface area contributed by atoms with Crippen molar-refractivity contribution in [1.29, 1.82) is 5.41 Å². The molecule has 0 saturated heterocycles. The maximum atomic E-state index is 9.03. The summed E-state index contributed by atoms with van der Waals surface area (Å²) in [4.78, 5) is 0. The molecule has 4 N–H and O–H groups in total. The lowest BCUT2D eigenvalue weighted by atomic mass is 10.1. The molecule has 0 bridgehead atoms. The molecule has 0 heterocycles. The van der Waals surface area contributed by atoms with Crippen LogP contribution in [0.15, 0.2) is 18.2 Å². The summed E-state index contributed by atoms with van der Waals surface area (Å²) in [6.07, 6.45) is 0. The van der Waals surface area contributed by atoms with Gasteiger partial charge in [-0.25, -0.2) is 0 Å². The summed E-state index contributed by atoms with van der Waals surface area (Å²) in [5.74, 6) is 0.0648. The van der Waals surface area contributed by atoms with Crippen molar-refractivity contribution < 1.29 is 5.11 Å². The third-order valence-corrected chi connectivity index (χ3v) is 1.46. The summed E-state index contributed by atoms with van der Waals surface area (Å²) in [5, 5.41) is 16.3. The van der Waals surface area contributed by atoms with E-state index in [0.29, 0.717) is 11.4 Å². The van der Waals surface area contributed by atoms with Crippen LogP contribution in [-0.4, -0.2) is 10.8 Å². The summed E-state index contributed by atoms with van der Waals surface area (Å²) in [6, 6.07) is 4.73. The zero-order chi connectivity index (χ0) is 8.43. The van der Waals surface area contributed by atoms with Crippen LogP contribution in [0.2, 0.25) is 0 Å². The molecule has 0 radical (unpaired) electrons. The van der Waals surface area contributed by atoms with Gasteiger partial charge < -0.3 is 16.2 Å². The molecule has 0 aliphatic heterocycles. The van der Waals surface area contributed by atoms with E-state index in [4.69, 9.17) is 16.2 Å². The van der Waals surface area contributed by atoms with Crippen LogP contribution in [0.3, 0.4) is 0 Å². The Balaban J connectivity index is 3.15. The average Bonchev–Trinajstić information content (AvgIpc) is 1.94. The molecule has 58 valence electrons. The Hall–Kier alpha value is -1.51. The van der Waals surface area contributed by atoms with E-state index in [9.17, 15) is 0 Å². The van der Waals surface area contributed by atoms with Crippen LogP contribution in [0.1, 0.15) is 12.5 Å². The monoisotopic (exact) mass is 150 g/mol. The van der Waals surface area contributed by atoms with Crippen molar-refractivity contribution in [3.63, 3.8) is 0 Å². The van der Waals surface area contributed by atoms with Crippen molar-refractivity contribution in [2.45, 2.75) is 6.92 Å². The quantitative estimate of drug-likeness (QED) is 0.321. The smallest absolute Gasteiger partial charge is 0.138 e. The van der Waals surface area contributed by atoms with Gasteiger partial charge in [-0.2, -0.15) is 0 Å². The molecule has 1 aromatic carbocycles. The minimum absolute atomic E-state index is 0.0648. The zero-order valence-corrected chi connectivity index (χ0v) is 6.26. The van der Waals surface area contributed by atoms with E-state index in [-0.39, 0.29) is 5.75 Å². The van der Waals surface area contributed by atoms with E-state index in [1.54, 1.807) is 19.1 Å². The molecule has 0 aliphatic carbocycles. The summed E-state index contributed by atoms with van der Waals surface area (Å²) in [5.41, 5.74) is 6.90. The van der Waals surface area contributed by atoms with Crippen molar-refractivity contribution in [2.24, 2.45) is 0 Å². The molecule has 1 aromatic rings. The molecule has 0 fully saturated rings. The van der Waals surface area contributed by atoms with Gasteiger partial charge in [0.25, 0.3) is 0 Å². The molecular weight excluding hydrogens is 140 g/mol. The Morgan fingerprint density at radius 1 is 1.55 bits per heavy atom. The first-order valence-electron chi connectivity index (χ1n) is 3.25. The fourth-order valence-corrected chi connectivity index (χ4v) is 0.788. The second-order valence-corrected chi connectivity index (χ2v) is 2.40. The maximum Gasteiger partial charge on any atom is 0.138 e. The highest BCUT2D eigenvalue weighted by molar-refractivity contribution is 5.97. The fraction of sp³-hybridized carbons (Fsp3) is 0.125. The Morgan fingerprint density at radius 3 is 2.64 bits per heavy atom. The topological polar surface area (TPSA) is 70.1 Å². The van der Waals surface area contributed by atoms with E-state index >= 15 is 0 Å². The lowest BCUT2D eigenvalue weighted by Crippen LogP contribution is -1.94. The molecule has 0 spiro atoms. The highest BCUT2D eigenvalue weighted by Gasteiger charge is 1.99. The number of nitrogens with one attached hydrogen (secondary N) is 1. The van der Waals surface area contributed by atoms with Gasteiger partial charge in [0.1, 0.15) is 5.75 Å². The molecule has 1 rings (SSSR count). The number of phenols is 1. The second-order valence-electron chi connectivity index (χ2n) is 2.40. The van der Waals surface area contributed by atoms with Crippen molar-refractivity contribution in [1.82, 2.24) is 0 Å². The standard InChI is InChI=1S/C8H10N2O/c1-5(9)6-2-3-8(11)7(10)4-6/h2-4,9,11H,10H2,1H3. The van der Waals surface area contributed by atoms with Crippen LogP contribution >= 0.6 is 0 Å². The lowest BCUT2D eigenvalue weighted by Gasteiger charge is -2.01. The van der Waals surface area contributed by atoms with Gasteiger partial charge in [-0.3, -0.25) is 0 Å². The lowest BCUT2D eigenvalue weighted by molar-refractivity contribution is 0.478. The number of rotatable bonds is 1. The first-order valence-corrected chi connectivity index (χ1v) is 3.25. The Kier molecular flexibility index (Phi) is 1.81. The first-order chi connectivity index (χ1) is 5.11. The Morgan fingerprint density at radius 2 is 2.18 bits per heavy atom. The van der Waals surface area contributed by atoms with Gasteiger partial charge in [0.2, 0.25) is 0 Å². The molecule has 3 nitrogen and oxygen atoms in total. The molecule has 11 heavy (non-hydrogen) atoms. The number of hydrogen-bond acceptors (Lipinski definition) is 3. The summed E-state index contributed by atoms with van der Waals surface area (Å²) in [6.45, 7) is 1.67. The van der Waals surface area contributed by atoms with Crippen LogP contribution in [-0.2, 0) is 0 Å². The molecule has 0 amide bonds. The van der Waals surface area contributed by atoms with Gasteiger partial charge in [-0.1, -0.05) is 0 Å². The van der Waals surface area contributed by atoms with Crippen molar-refractivity contribution in [2.75, 3.05) is 5.73 Å². The Labute approximate surface area is 65.0 Å². The van der Waals surface area contributed by atoms with Crippen LogP contribution in [0, 0.1) is 5.41 Å². The fourth-order valence-electron chi connectivity index (χ4n) is 0.788. The van der Waals surface area contributed by atoms with Gasteiger partial charge >= 0.3 is 0 Å². The van der Waals surface area contributed by atoms with E-state index < -0.39 is 0 Å². The minimum atomic E-state index is 0.0648. The minimum Gasteiger partial charge on any atom is -0.506 e. The number of nitrogens with two attached hydrogens (primary N) is 1. The predicted octanol–water partition coefficient (Wildman–Crippen LogP) is 1.36. The molecule has 0 atom stereocenters. The highest BCUT2D eigenvalue weighted by Crippen LogP contribution is 2.20. The number of anilines is 1. The van der Waals surface area contributed by atoms with E-state index in [2.05, 4.69) is 0 Å². The van der Waals surface area contributed by atoms with Crippen LogP contribution < -0.4 is 5.73 Å². The van der Waals surface area contributed by atoms with E-state index in [0.717, 1.165) is 5.56 Å². The molecule has 0 saturated carbocycles. The van der Waals surface area contributed by atoms with Gasteiger partial charge in [0.15, 0.2) is 0 Å². The van der Waals surface area contributed by atoms with Gasteiger partial charge in [0.05, 0.1) is 5.69 Å². The SMILES string of the molecule is CC(=N)c1ccc(O)c(N)c1. The first kappa shape index (κ1) is 7.60. The van der Waals surface area contributed by atoms with Crippen molar-refractivity contribution in [3.8, 4) is 5.75 Å². The maximum absolute atomic E-state index is 9.03. The normalized spacial score (nSPS) is 9.55.